The number of benzene rings is 1. The van der Waals surface area contributed by atoms with Crippen LogP contribution in [0.25, 0.3) is 0 Å². The third kappa shape index (κ3) is 3.95. The number of anilines is 1. The summed E-state index contributed by atoms with van der Waals surface area (Å²) in [6, 6.07) is 8.64. The van der Waals surface area contributed by atoms with Crippen molar-refractivity contribution >= 4 is 5.69 Å². The maximum atomic E-state index is 9.36. The normalized spacial score (nSPS) is 19.7. The molecule has 1 aliphatic heterocycles. The Bertz CT molecular complexity index is 381. The largest absolute Gasteiger partial charge is 0.396 e. The standard InChI is InChI=1S/C16H26N2O/c1-2-9-17-11-15-7-3-4-8-16(15)18-10-5-6-14(12-18)13-19/h3-4,7-8,14,17,19H,2,5-6,9-13H2,1H3. The van der Waals surface area contributed by atoms with Crippen molar-refractivity contribution < 1.29 is 5.11 Å². The minimum Gasteiger partial charge on any atom is -0.396 e. The first-order valence-electron chi connectivity index (χ1n) is 7.49. The molecule has 0 aliphatic carbocycles. The Hall–Kier alpha value is -1.06. The molecule has 3 heteroatoms. The van der Waals surface area contributed by atoms with Crippen LogP contribution in [0.4, 0.5) is 5.69 Å². The van der Waals surface area contributed by atoms with Crippen molar-refractivity contribution in [2.75, 3.05) is 31.1 Å². The molecule has 0 radical (unpaired) electrons. The van der Waals surface area contributed by atoms with Gasteiger partial charge in [0.05, 0.1) is 0 Å². The minimum absolute atomic E-state index is 0.312. The topological polar surface area (TPSA) is 35.5 Å². The van der Waals surface area contributed by atoms with Crippen molar-refractivity contribution in [2.45, 2.75) is 32.7 Å². The molecular formula is C16H26N2O. The highest BCUT2D eigenvalue weighted by atomic mass is 16.3. The van der Waals surface area contributed by atoms with Crippen molar-refractivity contribution in [1.82, 2.24) is 5.32 Å². The van der Waals surface area contributed by atoms with Gasteiger partial charge in [0.2, 0.25) is 0 Å². The first kappa shape index (κ1) is 14.4. The van der Waals surface area contributed by atoms with E-state index < -0.39 is 0 Å². The van der Waals surface area contributed by atoms with E-state index in [1.807, 2.05) is 0 Å². The third-order valence-corrected chi connectivity index (χ3v) is 3.85. The number of aliphatic hydroxyl groups is 1. The van der Waals surface area contributed by atoms with Crippen LogP contribution in [0.15, 0.2) is 24.3 Å². The average molecular weight is 262 g/mol. The summed E-state index contributed by atoms with van der Waals surface area (Å²) >= 11 is 0. The zero-order chi connectivity index (χ0) is 13.5. The molecule has 1 saturated heterocycles. The molecule has 106 valence electrons. The Morgan fingerprint density at radius 3 is 3.00 bits per heavy atom. The van der Waals surface area contributed by atoms with E-state index in [9.17, 15) is 5.11 Å². The van der Waals surface area contributed by atoms with E-state index in [-0.39, 0.29) is 0 Å². The Morgan fingerprint density at radius 1 is 1.37 bits per heavy atom. The van der Waals surface area contributed by atoms with Gasteiger partial charge in [-0.1, -0.05) is 25.1 Å². The van der Waals surface area contributed by atoms with Crippen molar-refractivity contribution in [1.29, 1.82) is 0 Å². The molecular weight excluding hydrogens is 236 g/mol. The maximum Gasteiger partial charge on any atom is 0.0476 e. The molecule has 1 aromatic rings. The predicted octanol–water partition coefficient (Wildman–Crippen LogP) is 2.39. The van der Waals surface area contributed by atoms with Crippen LogP contribution >= 0.6 is 0 Å². The highest BCUT2D eigenvalue weighted by molar-refractivity contribution is 5.54. The van der Waals surface area contributed by atoms with Gasteiger partial charge in [-0.05, 0) is 43.4 Å². The van der Waals surface area contributed by atoms with Gasteiger partial charge in [0.1, 0.15) is 0 Å². The molecule has 1 atom stereocenters. The fraction of sp³-hybridized carbons (Fsp3) is 0.625. The number of nitrogens with one attached hydrogen (secondary N) is 1. The van der Waals surface area contributed by atoms with Crippen LogP contribution < -0.4 is 10.2 Å². The minimum atomic E-state index is 0.312. The molecule has 0 saturated carbocycles. The molecule has 19 heavy (non-hydrogen) atoms. The molecule has 0 spiro atoms. The van der Waals surface area contributed by atoms with E-state index in [4.69, 9.17) is 0 Å². The quantitative estimate of drug-likeness (QED) is 0.773. The zero-order valence-electron chi connectivity index (χ0n) is 11.9. The number of rotatable bonds is 6. The fourth-order valence-corrected chi connectivity index (χ4v) is 2.80. The highest BCUT2D eigenvalue weighted by Crippen LogP contribution is 2.26. The van der Waals surface area contributed by atoms with Crippen LogP contribution in [0.2, 0.25) is 0 Å². The molecule has 1 heterocycles. The Labute approximate surface area is 116 Å². The van der Waals surface area contributed by atoms with Gasteiger partial charge in [-0.3, -0.25) is 0 Å². The van der Waals surface area contributed by atoms with Gasteiger partial charge in [-0.15, -0.1) is 0 Å². The first-order valence-corrected chi connectivity index (χ1v) is 7.49. The molecule has 3 nitrogen and oxygen atoms in total. The van der Waals surface area contributed by atoms with Gasteiger partial charge in [-0.2, -0.15) is 0 Å². The van der Waals surface area contributed by atoms with Crippen molar-refractivity contribution in [3.05, 3.63) is 29.8 Å². The summed E-state index contributed by atoms with van der Waals surface area (Å²) in [6.45, 7) is 6.60. The van der Waals surface area contributed by atoms with E-state index in [2.05, 4.69) is 41.4 Å². The monoisotopic (exact) mass is 262 g/mol. The second kappa shape index (κ2) is 7.51. The van der Waals surface area contributed by atoms with Gasteiger partial charge in [0.25, 0.3) is 0 Å². The molecule has 0 amide bonds. The van der Waals surface area contributed by atoms with E-state index in [0.717, 1.165) is 32.6 Å². The van der Waals surface area contributed by atoms with Crippen LogP contribution in [0.5, 0.6) is 0 Å². The molecule has 1 unspecified atom stereocenters. The van der Waals surface area contributed by atoms with Crippen molar-refractivity contribution in [2.24, 2.45) is 5.92 Å². The fourth-order valence-electron chi connectivity index (χ4n) is 2.80. The molecule has 1 fully saturated rings. The van der Waals surface area contributed by atoms with Gasteiger partial charge in [-0.25, -0.2) is 0 Å². The lowest BCUT2D eigenvalue weighted by molar-refractivity contribution is 0.208. The highest BCUT2D eigenvalue weighted by Gasteiger charge is 2.20. The Kier molecular flexibility index (Phi) is 5.67. The van der Waals surface area contributed by atoms with Gasteiger partial charge in [0, 0.05) is 31.9 Å². The van der Waals surface area contributed by atoms with E-state index in [1.165, 1.54) is 24.1 Å². The number of hydrogen-bond donors (Lipinski definition) is 2. The number of hydrogen-bond acceptors (Lipinski definition) is 3. The van der Waals surface area contributed by atoms with Crippen LogP contribution in [0.1, 0.15) is 31.7 Å². The van der Waals surface area contributed by atoms with Crippen LogP contribution in [-0.4, -0.2) is 31.3 Å². The zero-order valence-corrected chi connectivity index (χ0v) is 11.9. The predicted molar refractivity (Wildman–Crippen MR) is 80.5 cm³/mol. The van der Waals surface area contributed by atoms with Crippen molar-refractivity contribution in [3.63, 3.8) is 0 Å². The SMILES string of the molecule is CCCNCc1ccccc1N1CCCC(CO)C1. The molecule has 1 aliphatic rings. The second-order valence-corrected chi connectivity index (χ2v) is 5.44. The molecule has 2 N–H and O–H groups in total. The average Bonchev–Trinajstić information content (AvgIpc) is 2.48. The first-order chi connectivity index (χ1) is 9.35. The van der Waals surface area contributed by atoms with E-state index >= 15 is 0 Å². The second-order valence-electron chi connectivity index (χ2n) is 5.44. The van der Waals surface area contributed by atoms with Gasteiger partial charge < -0.3 is 15.3 Å². The Balaban J connectivity index is 2.05. The van der Waals surface area contributed by atoms with Crippen LogP contribution in [0, 0.1) is 5.92 Å². The van der Waals surface area contributed by atoms with E-state index in [0.29, 0.717) is 12.5 Å². The number of nitrogens with zero attached hydrogens (tertiary/aromatic N) is 1. The lowest BCUT2D eigenvalue weighted by Crippen LogP contribution is -2.37. The number of piperidine rings is 1. The van der Waals surface area contributed by atoms with Crippen molar-refractivity contribution in [3.8, 4) is 0 Å². The summed E-state index contributed by atoms with van der Waals surface area (Å²) in [6.07, 6.45) is 3.50. The van der Waals surface area contributed by atoms with Gasteiger partial charge >= 0.3 is 0 Å². The van der Waals surface area contributed by atoms with E-state index in [1.54, 1.807) is 0 Å². The van der Waals surface area contributed by atoms with Gasteiger partial charge in [0.15, 0.2) is 0 Å². The summed E-state index contributed by atoms with van der Waals surface area (Å²) in [4.78, 5) is 2.44. The summed E-state index contributed by atoms with van der Waals surface area (Å²) in [5.74, 6) is 0.436. The summed E-state index contributed by atoms with van der Waals surface area (Å²) in [5, 5.41) is 12.8. The molecule has 0 aromatic heterocycles. The lowest BCUT2D eigenvalue weighted by atomic mass is 9.97. The number of aliphatic hydroxyl groups excluding tert-OH is 1. The van der Waals surface area contributed by atoms with Crippen LogP contribution in [0.3, 0.4) is 0 Å². The maximum absolute atomic E-state index is 9.36. The van der Waals surface area contributed by atoms with Crippen LogP contribution in [-0.2, 0) is 6.54 Å². The lowest BCUT2D eigenvalue weighted by Gasteiger charge is -2.35. The Morgan fingerprint density at radius 2 is 2.21 bits per heavy atom. The molecule has 1 aromatic carbocycles. The number of para-hydroxylation sites is 1. The molecule has 2 rings (SSSR count). The molecule has 0 bridgehead atoms. The summed E-state index contributed by atoms with van der Waals surface area (Å²) in [5.41, 5.74) is 2.71. The summed E-state index contributed by atoms with van der Waals surface area (Å²) < 4.78 is 0. The smallest absolute Gasteiger partial charge is 0.0476 e. The summed E-state index contributed by atoms with van der Waals surface area (Å²) in [7, 11) is 0. The third-order valence-electron chi connectivity index (χ3n) is 3.85.